The van der Waals surface area contributed by atoms with Crippen molar-refractivity contribution in [2.45, 2.75) is 45.6 Å². The largest absolute Gasteiger partial charge is 0.496 e. The van der Waals surface area contributed by atoms with Crippen LogP contribution in [0.2, 0.25) is 0 Å². The van der Waals surface area contributed by atoms with Crippen LogP contribution in [0.4, 0.5) is 0 Å². The number of benzene rings is 1. The van der Waals surface area contributed by atoms with Crippen LogP contribution in [0, 0.1) is 17.8 Å². The number of rotatable bonds is 3. The van der Waals surface area contributed by atoms with E-state index in [2.05, 4.69) is 13.8 Å². The molecule has 0 bridgehead atoms. The van der Waals surface area contributed by atoms with Gasteiger partial charge in [-0.25, -0.2) is 0 Å². The number of hydrogen-bond donors (Lipinski definition) is 1. The number of hydrogen-bond acceptors (Lipinski definition) is 2. The SMILES string of the molecule is COc1ccccc1C(C)(O)C1CC(C)CC(C)C1. The molecule has 1 fully saturated rings. The molecular weight excluding hydrogens is 236 g/mol. The van der Waals surface area contributed by atoms with E-state index in [0.717, 1.165) is 24.2 Å². The van der Waals surface area contributed by atoms with Crippen molar-refractivity contribution in [3.05, 3.63) is 29.8 Å². The summed E-state index contributed by atoms with van der Waals surface area (Å²) in [6, 6.07) is 7.84. The predicted molar refractivity (Wildman–Crippen MR) is 78.2 cm³/mol. The summed E-state index contributed by atoms with van der Waals surface area (Å²) < 4.78 is 5.42. The minimum absolute atomic E-state index is 0.308. The summed E-state index contributed by atoms with van der Waals surface area (Å²) in [4.78, 5) is 0. The van der Waals surface area contributed by atoms with Crippen molar-refractivity contribution in [2.75, 3.05) is 7.11 Å². The zero-order valence-corrected chi connectivity index (χ0v) is 12.5. The second-order valence-corrected chi connectivity index (χ2v) is 6.46. The summed E-state index contributed by atoms with van der Waals surface area (Å²) in [7, 11) is 1.67. The minimum atomic E-state index is -0.810. The van der Waals surface area contributed by atoms with E-state index < -0.39 is 5.60 Å². The van der Waals surface area contributed by atoms with Crippen LogP contribution in [-0.4, -0.2) is 12.2 Å². The summed E-state index contributed by atoms with van der Waals surface area (Å²) in [6.07, 6.45) is 3.46. The maximum Gasteiger partial charge on any atom is 0.124 e. The molecule has 0 amide bonds. The number of aliphatic hydroxyl groups is 1. The zero-order valence-electron chi connectivity index (χ0n) is 12.5. The first-order chi connectivity index (χ1) is 8.95. The van der Waals surface area contributed by atoms with Crippen molar-refractivity contribution in [1.29, 1.82) is 0 Å². The van der Waals surface area contributed by atoms with E-state index in [0.29, 0.717) is 17.8 Å². The Hall–Kier alpha value is -1.02. The Balaban J connectivity index is 2.30. The Morgan fingerprint density at radius 2 is 1.68 bits per heavy atom. The predicted octanol–water partition coefficient (Wildman–Crippen LogP) is 3.98. The van der Waals surface area contributed by atoms with E-state index in [9.17, 15) is 5.11 Å². The summed E-state index contributed by atoms with van der Waals surface area (Å²) in [5.41, 5.74) is 0.110. The molecule has 2 rings (SSSR count). The number of methoxy groups -OCH3 is 1. The van der Waals surface area contributed by atoms with Crippen LogP contribution < -0.4 is 4.74 Å². The monoisotopic (exact) mass is 262 g/mol. The van der Waals surface area contributed by atoms with Gasteiger partial charge in [-0.05, 0) is 50.0 Å². The Morgan fingerprint density at radius 3 is 2.26 bits per heavy atom. The van der Waals surface area contributed by atoms with E-state index in [-0.39, 0.29) is 0 Å². The first-order valence-electron chi connectivity index (χ1n) is 7.31. The lowest BCUT2D eigenvalue weighted by atomic mass is 9.68. The lowest BCUT2D eigenvalue weighted by molar-refractivity contribution is -0.0401. The zero-order chi connectivity index (χ0) is 14.0. The molecule has 0 aromatic heterocycles. The molecule has 3 atom stereocenters. The molecule has 19 heavy (non-hydrogen) atoms. The van der Waals surface area contributed by atoms with Gasteiger partial charge >= 0.3 is 0 Å². The molecule has 1 aromatic carbocycles. The van der Waals surface area contributed by atoms with Gasteiger partial charge in [-0.15, -0.1) is 0 Å². The summed E-state index contributed by atoms with van der Waals surface area (Å²) in [6.45, 7) is 6.53. The molecule has 1 N–H and O–H groups in total. The Kier molecular flexibility index (Phi) is 4.19. The average molecular weight is 262 g/mol. The van der Waals surface area contributed by atoms with E-state index in [1.807, 2.05) is 31.2 Å². The molecule has 2 heteroatoms. The summed E-state index contributed by atoms with van der Waals surface area (Å²) in [5.74, 6) is 2.48. The van der Waals surface area contributed by atoms with Gasteiger partial charge < -0.3 is 9.84 Å². The normalized spacial score (nSPS) is 30.7. The summed E-state index contributed by atoms with van der Waals surface area (Å²) in [5, 5.41) is 11.1. The molecule has 1 aromatic rings. The Morgan fingerprint density at radius 1 is 1.11 bits per heavy atom. The Bertz CT molecular complexity index is 415. The highest BCUT2D eigenvalue weighted by molar-refractivity contribution is 5.38. The highest BCUT2D eigenvalue weighted by Gasteiger charge is 2.39. The minimum Gasteiger partial charge on any atom is -0.496 e. The van der Waals surface area contributed by atoms with Crippen molar-refractivity contribution >= 4 is 0 Å². The van der Waals surface area contributed by atoms with Crippen LogP contribution in [0.25, 0.3) is 0 Å². The quantitative estimate of drug-likeness (QED) is 0.893. The van der Waals surface area contributed by atoms with Gasteiger partial charge in [0, 0.05) is 5.56 Å². The molecule has 0 saturated heterocycles. The standard InChI is InChI=1S/C17H26O2/c1-12-9-13(2)11-14(10-12)17(3,18)15-7-5-6-8-16(15)19-4/h5-8,12-14,18H,9-11H2,1-4H3. The van der Waals surface area contributed by atoms with Gasteiger partial charge in [0.1, 0.15) is 5.75 Å². The number of ether oxygens (including phenoxy) is 1. The van der Waals surface area contributed by atoms with Gasteiger partial charge in [-0.3, -0.25) is 0 Å². The molecule has 1 aliphatic carbocycles. The average Bonchev–Trinajstić information content (AvgIpc) is 2.37. The molecule has 1 aliphatic rings. The van der Waals surface area contributed by atoms with Crippen molar-refractivity contribution in [3.63, 3.8) is 0 Å². The first kappa shape index (κ1) is 14.4. The van der Waals surface area contributed by atoms with Gasteiger partial charge in [0.25, 0.3) is 0 Å². The molecule has 3 unspecified atom stereocenters. The highest BCUT2D eigenvalue weighted by Crippen LogP contribution is 2.45. The first-order valence-corrected chi connectivity index (χ1v) is 7.31. The fourth-order valence-corrected chi connectivity index (χ4v) is 3.69. The third-order valence-corrected chi connectivity index (χ3v) is 4.63. The molecule has 106 valence electrons. The molecule has 0 spiro atoms. The van der Waals surface area contributed by atoms with Crippen molar-refractivity contribution < 1.29 is 9.84 Å². The van der Waals surface area contributed by atoms with Gasteiger partial charge in [0.2, 0.25) is 0 Å². The van der Waals surface area contributed by atoms with Crippen LogP contribution in [0.5, 0.6) is 5.75 Å². The molecule has 2 nitrogen and oxygen atoms in total. The maximum absolute atomic E-state index is 11.1. The second-order valence-electron chi connectivity index (χ2n) is 6.46. The Labute approximate surface area is 116 Å². The van der Waals surface area contributed by atoms with Crippen LogP contribution in [0.15, 0.2) is 24.3 Å². The fraction of sp³-hybridized carbons (Fsp3) is 0.647. The lowest BCUT2D eigenvalue weighted by Crippen LogP contribution is -2.37. The van der Waals surface area contributed by atoms with Crippen LogP contribution in [-0.2, 0) is 5.60 Å². The fourth-order valence-electron chi connectivity index (χ4n) is 3.69. The van der Waals surface area contributed by atoms with Crippen molar-refractivity contribution in [1.82, 2.24) is 0 Å². The van der Waals surface area contributed by atoms with Crippen molar-refractivity contribution in [2.24, 2.45) is 17.8 Å². The van der Waals surface area contributed by atoms with E-state index in [1.165, 1.54) is 6.42 Å². The second kappa shape index (κ2) is 5.54. The summed E-state index contributed by atoms with van der Waals surface area (Å²) >= 11 is 0. The third kappa shape index (κ3) is 2.94. The smallest absolute Gasteiger partial charge is 0.124 e. The van der Waals surface area contributed by atoms with Crippen molar-refractivity contribution in [3.8, 4) is 5.75 Å². The molecule has 1 saturated carbocycles. The van der Waals surface area contributed by atoms with E-state index >= 15 is 0 Å². The lowest BCUT2D eigenvalue weighted by Gasteiger charge is -2.41. The number of para-hydroxylation sites is 1. The van der Waals surface area contributed by atoms with Crippen LogP contribution in [0.3, 0.4) is 0 Å². The third-order valence-electron chi connectivity index (χ3n) is 4.63. The van der Waals surface area contributed by atoms with Gasteiger partial charge in [0.15, 0.2) is 0 Å². The maximum atomic E-state index is 11.1. The van der Waals surface area contributed by atoms with E-state index in [1.54, 1.807) is 7.11 Å². The van der Waals surface area contributed by atoms with Gasteiger partial charge in [-0.1, -0.05) is 32.0 Å². The highest BCUT2D eigenvalue weighted by atomic mass is 16.5. The van der Waals surface area contributed by atoms with E-state index in [4.69, 9.17) is 4.74 Å². The molecule has 0 radical (unpaired) electrons. The molecular formula is C17H26O2. The van der Waals surface area contributed by atoms with Crippen LogP contribution >= 0.6 is 0 Å². The van der Waals surface area contributed by atoms with Gasteiger partial charge in [-0.2, -0.15) is 0 Å². The molecule has 0 heterocycles. The van der Waals surface area contributed by atoms with Gasteiger partial charge in [0.05, 0.1) is 12.7 Å². The van der Waals surface area contributed by atoms with Crippen LogP contribution in [0.1, 0.15) is 45.6 Å². The topological polar surface area (TPSA) is 29.5 Å². The molecule has 0 aliphatic heterocycles.